The predicted molar refractivity (Wildman–Crippen MR) is 113 cm³/mol. The number of halogens is 1. The van der Waals surface area contributed by atoms with Crippen LogP contribution in [0.15, 0.2) is 48.2 Å². The topological polar surface area (TPSA) is 59.4 Å². The van der Waals surface area contributed by atoms with E-state index in [2.05, 4.69) is 22.3 Å². The van der Waals surface area contributed by atoms with Crippen molar-refractivity contribution in [2.24, 2.45) is 0 Å². The van der Waals surface area contributed by atoms with Gasteiger partial charge in [-0.25, -0.2) is 4.39 Å². The van der Waals surface area contributed by atoms with Crippen molar-refractivity contribution in [1.82, 2.24) is 4.90 Å². The van der Waals surface area contributed by atoms with Crippen molar-refractivity contribution in [2.45, 2.75) is 20.8 Å². The lowest BCUT2D eigenvalue weighted by Crippen LogP contribution is -2.49. The summed E-state index contributed by atoms with van der Waals surface area (Å²) in [6, 6.07) is 12.5. The van der Waals surface area contributed by atoms with E-state index in [4.69, 9.17) is 0 Å². The van der Waals surface area contributed by atoms with Gasteiger partial charge in [0.1, 0.15) is 17.5 Å². The van der Waals surface area contributed by atoms with Gasteiger partial charge in [-0.3, -0.25) is 4.79 Å². The minimum Gasteiger partial charge on any atom is -0.368 e. The van der Waals surface area contributed by atoms with Gasteiger partial charge in [0.05, 0.1) is 0 Å². The van der Waals surface area contributed by atoms with Gasteiger partial charge in [-0.15, -0.1) is 0 Å². The number of piperazine rings is 1. The molecule has 0 bridgehead atoms. The van der Waals surface area contributed by atoms with E-state index in [0.29, 0.717) is 26.2 Å². The monoisotopic (exact) mass is 392 g/mol. The molecule has 0 spiro atoms. The molecule has 5 nitrogen and oxygen atoms in total. The largest absolute Gasteiger partial charge is 0.368 e. The Kier molecular flexibility index (Phi) is 6.18. The maximum atomic E-state index is 13.1. The van der Waals surface area contributed by atoms with Crippen LogP contribution in [0.5, 0.6) is 0 Å². The second-order valence-corrected chi connectivity index (χ2v) is 7.34. The van der Waals surface area contributed by atoms with Crippen LogP contribution in [0.3, 0.4) is 0 Å². The second kappa shape index (κ2) is 8.78. The van der Waals surface area contributed by atoms with Gasteiger partial charge in [0.25, 0.3) is 5.91 Å². The number of rotatable bonds is 4. The Hall–Kier alpha value is -3.33. The number of amides is 1. The summed E-state index contributed by atoms with van der Waals surface area (Å²) in [5.74, 6) is -0.543. The van der Waals surface area contributed by atoms with E-state index in [9.17, 15) is 14.4 Å². The van der Waals surface area contributed by atoms with Gasteiger partial charge in [-0.1, -0.05) is 17.7 Å². The average molecular weight is 392 g/mol. The number of hydrogen-bond acceptors (Lipinski definition) is 4. The molecule has 0 saturated carbocycles. The van der Waals surface area contributed by atoms with Crippen LogP contribution in [0.25, 0.3) is 0 Å². The zero-order valence-corrected chi connectivity index (χ0v) is 17.0. The van der Waals surface area contributed by atoms with Crippen molar-refractivity contribution >= 4 is 17.3 Å². The number of hydrogen-bond donors (Lipinski definition) is 1. The fraction of sp³-hybridized carbons (Fsp3) is 0.304. The Bertz CT molecular complexity index is 944. The number of carbonyl (C=O) groups excluding carboxylic acids is 1. The Morgan fingerprint density at radius 1 is 1.07 bits per heavy atom. The van der Waals surface area contributed by atoms with Crippen LogP contribution in [0.1, 0.15) is 16.7 Å². The highest BCUT2D eigenvalue weighted by Crippen LogP contribution is 2.22. The number of nitrogens with zero attached hydrogens (tertiary/aromatic N) is 3. The minimum atomic E-state index is -0.277. The lowest BCUT2D eigenvalue weighted by atomic mass is 10.1. The lowest BCUT2D eigenvalue weighted by molar-refractivity contribution is -0.127. The second-order valence-electron chi connectivity index (χ2n) is 7.34. The predicted octanol–water partition coefficient (Wildman–Crippen LogP) is 3.92. The number of aryl methyl sites for hydroxylation is 3. The van der Waals surface area contributed by atoms with Crippen molar-refractivity contribution < 1.29 is 9.18 Å². The molecule has 2 aromatic rings. The summed E-state index contributed by atoms with van der Waals surface area (Å²) in [6.07, 6.45) is 1.50. The molecule has 1 amide bonds. The van der Waals surface area contributed by atoms with Crippen molar-refractivity contribution in [2.75, 3.05) is 36.4 Å². The van der Waals surface area contributed by atoms with Crippen LogP contribution in [0.2, 0.25) is 0 Å². The standard InChI is InChI=1S/C23H25FN4O/c1-16-12-17(2)22(18(3)13-16)26-15-19(14-25)23(29)28-10-8-27(9-11-28)21-6-4-20(24)5-7-21/h4-7,12-13,15,26H,8-11H2,1-3H3/b19-15-. The normalized spacial score (nSPS) is 14.5. The third kappa shape index (κ3) is 4.75. The van der Waals surface area contributed by atoms with Gasteiger partial charge in [0.15, 0.2) is 0 Å². The SMILES string of the molecule is Cc1cc(C)c(N/C=C(/C#N)C(=O)N2CCN(c3ccc(F)cc3)CC2)c(C)c1. The van der Waals surface area contributed by atoms with E-state index in [0.717, 1.165) is 22.5 Å². The summed E-state index contributed by atoms with van der Waals surface area (Å²) in [7, 11) is 0. The molecule has 1 aliphatic rings. The number of nitrogens with one attached hydrogen (secondary N) is 1. The third-order valence-corrected chi connectivity index (χ3v) is 5.15. The lowest BCUT2D eigenvalue weighted by Gasteiger charge is -2.36. The molecular formula is C23H25FN4O. The van der Waals surface area contributed by atoms with Gasteiger partial charge in [-0.05, 0) is 56.2 Å². The van der Waals surface area contributed by atoms with E-state index < -0.39 is 0 Å². The minimum absolute atomic E-state index is 0.0830. The summed E-state index contributed by atoms with van der Waals surface area (Å²) in [6.45, 7) is 8.34. The Balaban J connectivity index is 1.65. The van der Waals surface area contributed by atoms with E-state index in [-0.39, 0.29) is 17.3 Å². The summed E-state index contributed by atoms with van der Waals surface area (Å²) in [5, 5.41) is 12.6. The van der Waals surface area contributed by atoms with Crippen molar-refractivity contribution in [3.8, 4) is 6.07 Å². The van der Waals surface area contributed by atoms with Gasteiger partial charge < -0.3 is 15.1 Å². The van der Waals surface area contributed by atoms with E-state index >= 15 is 0 Å². The van der Waals surface area contributed by atoms with E-state index in [1.807, 2.05) is 26.8 Å². The fourth-order valence-electron chi connectivity index (χ4n) is 3.68. The molecule has 1 N–H and O–H groups in total. The van der Waals surface area contributed by atoms with Crippen molar-refractivity contribution in [1.29, 1.82) is 5.26 Å². The van der Waals surface area contributed by atoms with Gasteiger partial charge in [0.2, 0.25) is 0 Å². The maximum absolute atomic E-state index is 13.1. The summed E-state index contributed by atoms with van der Waals surface area (Å²) in [4.78, 5) is 16.6. The fourth-order valence-corrected chi connectivity index (χ4v) is 3.68. The molecule has 6 heteroatoms. The Morgan fingerprint density at radius 2 is 1.66 bits per heavy atom. The Labute approximate surface area is 171 Å². The highest BCUT2D eigenvalue weighted by molar-refractivity contribution is 5.97. The van der Waals surface area contributed by atoms with Crippen molar-refractivity contribution in [3.63, 3.8) is 0 Å². The molecule has 3 rings (SSSR count). The van der Waals surface area contributed by atoms with E-state index in [1.165, 1.54) is 23.9 Å². The third-order valence-electron chi connectivity index (χ3n) is 5.15. The van der Waals surface area contributed by atoms with Crippen LogP contribution in [0.4, 0.5) is 15.8 Å². The maximum Gasteiger partial charge on any atom is 0.266 e. The number of benzene rings is 2. The molecule has 0 radical (unpaired) electrons. The van der Waals surface area contributed by atoms with Crippen molar-refractivity contribution in [3.05, 3.63) is 70.7 Å². The van der Waals surface area contributed by atoms with Crippen LogP contribution in [-0.2, 0) is 4.79 Å². The molecule has 1 fully saturated rings. The zero-order chi connectivity index (χ0) is 21.0. The quantitative estimate of drug-likeness (QED) is 0.633. The van der Waals surface area contributed by atoms with Crippen LogP contribution in [-0.4, -0.2) is 37.0 Å². The van der Waals surface area contributed by atoms with Crippen LogP contribution < -0.4 is 10.2 Å². The van der Waals surface area contributed by atoms with Crippen LogP contribution in [0, 0.1) is 37.9 Å². The molecule has 0 aliphatic carbocycles. The summed E-state index contributed by atoms with van der Waals surface area (Å²) < 4.78 is 13.1. The Morgan fingerprint density at radius 3 is 2.21 bits per heavy atom. The average Bonchev–Trinajstić information content (AvgIpc) is 2.70. The molecular weight excluding hydrogens is 367 g/mol. The van der Waals surface area contributed by atoms with Gasteiger partial charge >= 0.3 is 0 Å². The first-order chi connectivity index (χ1) is 13.9. The molecule has 0 atom stereocenters. The molecule has 1 aliphatic heterocycles. The first-order valence-electron chi connectivity index (χ1n) is 9.63. The molecule has 1 heterocycles. The molecule has 150 valence electrons. The smallest absolute Gasteiger partial charge is 0.266 e. The highest BCUT2D eigenvalue weighted by atomic mass is 19.1. The zero-order valence-electron chi connectivity index (χ0n) is 17.0. The van der Waals surface area contributed by atoms with Crippen LogP contribution >= 0.6 is 0 Å². The molecule has 29 heavy (non-hydrogen) atoms. The van der Waals surface area contributed by atoms with Gasteiger partial charge in [0, 0.05) is 43.8 Å². The number of nitriles is 1. The van der Waals surface area contributed by atoms with E-state index in [1.54, 1.807) is 17.0 Å². The number of anilines is 2. The number of carbonyl (C=O) groups is 1. The molecule has 0 unspecified atom stereocenters. The first kappa shape index (κ1) is 20.4. The van der Waals surface area contributed by atoms with Gasteiger partial charge in [-0.2, -0.15) is 5.26 Å². The molecule has 0 aromatic heterocycles. The first-order valence-corrected chi connectivity index (χ1v) is 9.63. The molecule has 2 aromatic carbocycles. The molecule has 1 saturated heterocycles. The summed E-state index contributed by atoms with van der Waals surface area (Å²) in [5.41, 5.74) is 5.23. The summed E-state index contributed by atoms with van der Waals surface area (Å²) >= 11 is 0. The highest BCUT2D eigenvalue weighted by Gasteiger charge is 2.24.